The Morgan fingerprint density at radius 3 is 2.74 bits per heavy atom. The average molecular weight is 304 g/mol. The number of rotatable bonds is 6. The summed E-state index contributed by atoms with van der Waals surface area (Å²) in [6.45, 7) is 2.78. The van der Waals surface area contributed by atoms with E-state index in [2.05, 4.69) is 15.0 Å². The summed E-state index contributed by atoms with van der Waals surface area (Å²) in [4.78, 5) is 4.19. The maximum atomic E-state index is 12.1. The number of hydrogen-bond donors (Lipinski definition) is 2. The summed E-state index contributed by atoms with van der Waals surface area (Å²) in [5.41, 5.74) is 0. The lowest BCUT2D eigenvalue weighted by molar-refractivity contribution is 0.383. The van der Waals surface area contributed by atoms with E-state index in [4.69, 9.17) is 11.6 Å². The van der Waals surface area contributed by atoms with Crippen molar-refractivity contribution in [3.63, 3.8) is 0 Å². The van der Waals surface area contributed by atoms with Crippen molar-refractivity contribution in [1.29, 1.82) is 0 Å². The molecule has 0 unspecified atom stereocenters. The second-order valence-electron chi connectivity index (χ2n) is 4.68. The molecule has 0 aliphatic heterocycles. The Balaban J connectivity index is 2.13. The van der Waals surface area contributed by atoms with Gasteiger partial charge in [0.1, 0.15) is 10.7 Å². The van der Waals surface area contributed by atoms with Crippen LogP contribution in [-0.2, 0) is 10.0 Å². The summed E-state index contributed by atoms with van der Waals surface area (Å²) < 4.78 is 26.8. The van der Waals surface area contributed by atoms with E-state index < -0.39 is 10.0 Å². The summed E-state index contributed by atoms with van der Waals surface area (Å²) in [7, 11) is -3.50. The molecular formula is C12H18ClN3O2S. The van der Waals surface area contributed by atoms with Gasteiger partial charge in [0.2, 0.25) is 10.0 Å². The highest BCUT2D eigenvalue weighted by atomic mass is 35.5. The second kappa shape index (κ2) is 6.07. The van der Waals surface area contributed by atoms with Crippen LogP contribution in [0.3, 0.4) is 0 Å². The molecule has 2 rings (SSSR count). The highest BCUT2D eigenvalue weighted by molar-refractivity contribution is 7.89. The van der Waals surface area contributed by atoms with Gasteiger partial charge >= 0.3 is 0 Å². The van der Waals surface area contributed by atoms with Gasteiger partial charge < -0.3 is 5.32 Å². The van der Waals surface area contributed by atoms with Crippen LogP contribution in [0.5, 0.6) is 0 Å². The van der Waals surface area contributed by atoms with Crippen molar-refractivity contribution in [2.24, 2.45) is 0 Å². The van der Waals surface area contributed by atoms with Gasteiger partial charge in [-0.25, -0.2) is 18.1 Å². The number of halogens is 1. The van der Waals surface area contributed by atoms with Crippen LogP contribution in [0.15, 0.2) is 17.2 Å². The van der Waals surface area contributed by atoms with Gasteiger partial charge in [-0.15, -0.1) is 0 Å². The lowest BCUT2D eigenvalue weighted by atomic mass is 9.94. The van der Waals surface area contributed by atoms with Crippen LogP contribution in [0, 0.1) is 0 Å². The van der Waals surface area contributed by atoms with Gasteiger partial charge in [0.25, 0.3) is 0 Å². The van der Waals surface area contributed by atoms with Crippen LogP contribution in [0.2, 0.25) is 5.02 Å². The summed E-state index contributed by atoms with van der Waals surface area (Å²) in [5.74, 6) is 0.520. The Kier molecular flexibility index (Phi) is 4.65. The first-order valence-corrected chi connectivity index (χ1v) is 8.31. The van der Waals surface area contributed by atoms with E-state index in [1.54, 1.807) is 0 Å². The zero-order valence-electron chi connectivity index (χ0n) is 10.8. The molecule has 7 heteroatoms. The molecule has 0 spiro atoms. The van der Waals surface area contributed by atoms with Crippen LogP contribution in [0.25, 0.3) is 0 Å². The lowest BCUT2D eigenvalue weighted by Gasteiger charge is -2.26. The van der Waals surface area contributed by atoms with Crippen molar-refractivity contribution in [3.8, 4) is 0 Å². The Bertz CT molecular complexity index is 544. The first-order chi connectivity index (χ1) is 9.03. The van der Waals surface area contributed by atoms with Crippen LogP contribution in [-0.4, -0.2) is 26.0 Å². The average Bonchev–Trinajstić information content (AvgIpc) is 2.32. The van der Waals surface area contributed by atoms with Gasteiger partial charge in [0.05, 0.1) is 5.02 Å². The summed E-state index contributed by atoms with van der Waals surface area (Å²) in [5, 5.41) is 3.37. The van der Waals surface area contributed by atoms with E-state index in [0.29, 0.717) is 10.8 Å². The molecule has 1 aromatic rings. The summed E-state index contributed by atoms with van der Waals surface area (Å²) >= 11 is 6.04. The number of anilines is 1. The third-order valence-corrected chi connectivity index (χ3v) is 4.87. The minimum Gasteiger partial charge on any atom is -0.369 e. The van der Waals surface area contributed by atoms with E-state index in [0.717, 1.165) is 32.2 Å². The summed E-state index contributed by atoms with van der Waals surface area (Å²) in [6.07, 6.45) is 5.16. The maximum absolute atomic E-state index is 12.1. The quantitative estimate of drug-likeness (QED) is 0.846. The van der Waals surface area contributed by atoms with Gasteiger partial charge in [-0.2, -0.15) is 0 Å². The number of nitrogens with zero attached hydrogens (tertiary/aromatic N) is 1. The standard InChI is InChI=1S/C12H18ClN3O2S/c1-2-6-14-12-11(13)7-10(8-15-12)19(17,18)16-9-4-3-5-9/h7-9,16H,2-6H2,1H3,(H,14,15). The zero-order valence-corrected chi connectivity index (χ0v) is 12.4. The molecule has 2 N–H and O–H groups in total. The largest absolute Gasteiger partial charge is 0.369 e. The number of sulfonamides is 1. The van der Waals surface area contributed by atoms with Crippen molar-refractivity contribution in [2.45, 2.75) is 43.5 Å². The molecule has 106 valence electrons. The van der Waals surface area contributed by atoms with Crippen LogP contribution in [0.4, 0.5) is 5.82 Å². The number of pyridine rings is 1. The highest BCUT2D eigenvalue weighted by Gasteiger charge is 2.25. The fourth-order valence-corrected chi connectivity index (χ4v) is 3.33. The van der Waals surface area contributed by atoms with Gasteiger partial charge in [0.15, 0.2) is 0 Å². The van der Waals surface area contributed by atoms with Crippen molar-refractivity contribution >= 4 is 27.4 Å². The molecule has 1 fully saturated rings. The molecule has 0 atom stereocenters. The number of aromatic nitrogens is 1. The second-order valence-corrected chi connectivity index (χ2v) is 6.80. The normalized spacial score (nSPS) is 16.1. The number of nitrogens with one attached hydrogen (secondary N) is 2. The fourth-order valence-electron chi connectivity index (χ4n) is 1.75. The fraction of sp³-hybridized carbons (Fsp3) is 0.583. The van der Waals surface area contributed by atoms with E-state index >= 15 is 0 Å². The topological polar surface area (TPSA) is 71.1 Å². The van der Waals surface area contributed by atoms with Crippen molar-refractivity contribution in [3.05, 3.63) is 17.3 Å². The molecule has 0 amide bonds. The molecule has 5 nitrogen and oxygen atoms in total. The van der Waals surface area contributed by atoms with E-state index in [1.165, 1.54) is 12.3 Å². The van der Waals surface area contributed by atoms with Gasteiger partial charge in [-0.05, 0) is 25.3 Å². The molecule has 0 aromatic carbocycles. The van der Waals surface area contributed by atoms with Crippen LogP contribution in [0.1, 0.15) is 32.6 Å². The van der Waals surface area contributed by atoms with Crippen LogP contribution < -0.4 is 10.0 Å². The molecule has 1 saturated carbocycles. The Morgan fingerprint density at radius 1 is 1.47 bits per heavy atom. The van der Waals surface area contributed by atoms with Gasteiger partial charge in [0, 0.05) is 18.8 Å². The third-order valence-electron chi connectivity index (χ3n) is 3.10. The van der Waals surface area contributed by atoms with Crippen molar-refractivity contribution in [2.75, 3.05) is 11.9 Å². The van der Waals surface area contributed by atoms with Gasteiger partial charge in [-0.3, -0.25) is 0 Å². The molecule has 19 heavy (non-hydrogen) atoms. The Labute approximate surface area is 118 Å². The van der Waals surface area contributed by atoms with Crippen molar-refractivity contribution < 1.29 is 8.42 Å². The van der Waals surface area contributed by atoms with E-state index in [1.807, 2.05) is 6.92 Å². The summed E-state index contributed by atoms with van der Waals surface area (Å²) in [6, 6.07) is 1.50. The van der Waals surface area contributed by atoms with E-state index in [-0.39, 0.29) is 10.9 Å². The van der Waals surface area contributed by atoms with Crippen molar-refractivity contribution in [1.82, 2.24) is 9.71 Å². The Hall–Kier alpha value is -0.850. The first-order valence-electron chi connectivity index (χ1n) is 6.44. The molecule has 0 saturated heterocycles. The molecule has 1 heterocycles. The zero-order chi connectivity index (χ0) is 13.9. The predicted molar refractivity (Wildman–Crippen MR) is 76.0 cm³/mol. The predicted octanol–water partition coefficient (Wildman–Crippen LogP) is 2.39. The molecular weight excluding hydrogens is 286 g/mol. The molecule has 1 aliphatic rings. The monoisotopic (exact) mass is 303 g/mol. The lowest BCUT2D eigenvalue weighted by Crippen LogP contribution is -2.39. The SMILES string of the molecule is CCCNc1ncc(S(=O)(=O)NC2CCC2)cc1Cl. The third kappa shape index (κ3) is 3.58. The minimum atomic E-state index is -3.50. The highest BCUT2D eigenvalue weighted by Crippen LogP contribution is 2.24. The molecule has 1 aliphatic carbocycles. The number of hydrogen-bond acceptors (Lipinski definition) is 4. The van der Waals surface area contributed by atoms with Crippen LogP contribution >= 0.6 is 11.6 Å². The molecule has 0 bridgehead atoms. The van der Waals surface area contributed by atoms with E-state index in [9.17, 15) is 8.42 Å². The Morgan fingerprint density at radius 2 is 2.21 bits per heavy atom. The molecule has 1 aromatic heterocycles. The molecule has 0 radical (unpaired) electrons. The van der Waals surface area contributed by atoms with Gasteiger partial charge in [-0.1, -0.05) is 24.9 Å². The smallest absolute Gasteiger partial charge is 0.242 e. The maximum Gasteiger partial charge on any atom is 0.242 e. The first kappa shape index (κ1) is 14.6. The minimum absolute atomic E-state index is 0.0571.